The summed E-state index contributed by atoms with van der Waals surface area (Å²) < 4.78 is 53.3. The van der Waals surface area contributed by atoms with Crippen LogP contribution in [0.1, 0.15) is 25.0 Å². The fraction of sp³-hybridized carbons (Fsp3) is 0.269. The minimum Gasteiger partial charge on any atom is -0.493 e. The standard InChI is InChI=1S/C26H29FN2O5S/c1-5-18-10-9-11-19(6-2)26(18)28-25(30)17-29(22-13-8-7-12-21(22)27)35(31,32)20-14-15-23(33-3)24(16-20)34-4/h7-16H,5-6,17H2,1-4H3,(H,28,30). The second-order valence-corrected chi connectivity index (χ2v) is 9.55. The van der Waals surface area contributed by atoms with Crippen LogP contribution in [0.25, 0.3) is 0 Å². The molecule has 9 heteroatoms. The molecule has 0 atom stereocenters. The van der Waals surface area contributed by atoms with E-state index < -0.39 is 28.3 Å². The van der Waals surface area contributed by atoms with Crippen molar-refractivity contribution < 1.29 is 27.1 Å². The van der Waals surface area contributed by atoms with E-state index in [2.05, 4.69) is 5.32 Å². The number of aryl methyl sites for hydroxylation is 2. The Morgan fingerprint density at radius 3 is 2.11 bits per heavy atom. The molecule has 1 amide bonds. The molecule has 35 heavy (non-hydrogen) atoms. The van der Waals surface area contributed by atoms with Gasteiger partial charge in [-0.15, -0.1) is 0 Å². The van der Waals surface area contributed by atoms with E-state index in [9.17, 15) is 17.6 Å². The third kappa shape index (κ3) is 5.57. The Bertz CT molecular complexity index is 1290. The van der Waals surface area contributed by atoms with E-state index in [0.29, 0.717) is 24.3 Å². The van der Waals surface area contributed by atoms with Crippen LogP contribution >= 0.6 is 0 Å². The average molecular weight is 501 g/mol. The number of benzene rings is 3. The number of carbonyl (C=O) groups is 1. The van der Waals surface area contributed by atoms with Gasteiger partial charge in [-0.05, 0) is 48.2 Å². The van der Waals surface area contributed by atoms with Crippen LogP contribution in [0.5, 0.6) is 11.5 Å². The fourth-order valence-electron chi connectivity index (χ4n) is 3.77. The number of amides is 1. The lowest BCUT2D eigenvalue weighted by molar-refractivity contribution is -0.114. The topological polar surface area (TPSA) is 84.9 Å². The van der Waals surface area contributed by atoms with E-state index in [-0.39, 0.29) is 16.3 Å². The second-order valence-electron chi connectivity index (χ2n) is 7.69. The van der Waals surface area contributed by atoms with E-state index in [4.69, 9.17) is 9.47 Å². The second kappa shape index (κ2) is 11.2. The number of ether oxygens (including phenoxy) is 2. The third-order valence-electron chi connectivity index (χ3n) is 5.61. The number of rotatable bonds is 10. The molecule has 3 aromatic rings. The monoisotopic (exact) mass is 500 g/mol. The predicted octanol–water partition coefficient (Wildman–Crippen LogP) is 4.80. The largest absolute Gasteiger partial charge is 0.493 e. The maximum Gasteiger partial charge on any atom is 0.265 e. The molecule has 0 aliphatic rings. The van der Waals surface area contributed by atoms with Crippen molar-refractivity contribution in [2.24, 2.45) is 0 Å². The van der Waals surface area contributed by atoms with Crippen LogP contribution in [0.4, 0.5) is 15.8 Å². The molecule has 0 aliphatic carbocycles. The van der Waals surface area contributed by atoms with Crippen molar-refractivity contribution in [1.29, 1.82) is 0 Å². The molecule has 7 nitrogen and oxygen atoms in total. The van der Waals surface area contributed by atoms with Gasteiger partial charge in [0.1, 0.15) is 12.4 Å². The van der Waals surface area contributed by atoms with Gasteiger partial charge in [-0.3, -0.25) is 9.10 Å². The maximum atomic E-state index is 14.8. The summed E-state index contributed by atoms with van der Waals surface area (Å²) in [6.07, 6.45) is 1.37. The molecular weight excluding hydrogens is 471 g/mol. The summed E-state index contributed by atoms with van der Waals surface area (Å²) in [6, 6.07) is 15.2. The van der Waals surface area contributed by atoms with Gasteiger partial charge in [-0.1, -0.05) is 44.2 Å². The van der Waals surface area contributed by atoms with E-state index in [1.165, 1.54) is 50.6 Å². The number of para-hydroxylation sites is 2. The molecule has 0 bridgehead atoms. The summed E-state index contributed by atoms with van der Waals surface area (Å²) in [5.41, 5.74) is 2.27. The SMILES string of the molecule is CCc1cccc(CC)c1NC(=O)CN(c1ccccc1F)S(=O)(=O)c1ccc(OC)c(OC)c1. The number of nitrogens with one attached hydrogen (secondary N) is 1. The van der Waals surface area contributed by atoms with Crippen molar-refractivity contribution in [2.45, 2.75) is 31.6 Å². The molecule has 186 valence electrons. The van der Waals surface area contributed by atoms with Crippen LogP contribution < -0.4 is 19.1 Å². The molecule has 0 spiro atoms. The molecule has 0 heterocycles. The summed E-state index contributed by atoms with van der Waals surface area (Å²) >= 11 is 0. The molecule has 3 rings (SSSR count). The van der Waals surface area contributed by atoms with Crippen molar-refractivity contribution in [1.82, 2.24) is 0 Å². The highest BCUT2D eigenvalue weighted by Crippen LogP contribution is 2.33. The van der Waals surface area contributed by atoms with Crippen LogP contribution in [0.2, 0.25) is 0 Å². The summed E-state index contributed by atoms with van der Waals surface area (Å²) in [5.74, 6) is -0.832. The number of sulfonamides is 1. The highest BCUT2D eigenvalue weighted by molar-refractivity contribution is 7.92. The molecule has 0 aromatic heterocycles. The first kappa shape index (κ1) is 26.0. The number of hydrogen-bond acceptors (Lipinski definition) is 5. The number of methoxy groups -OCH3 is 2. The molecular formula is C26H29FN2O5S. The van der Waals surface area contributed by atoms with Gasteiger partial charge in [0, 0.05) is 11.8 Å². The van der Waals surface area contributed by atoms with Gasteiger partial charge in [0.2, 0.25) is 5.91 Å². The smallest absolute Gasteiger partial charge is 0.265 e. The lowest BCUT2D eigenvalue weighted by Gasteiger charge is -2.25. The first-order valence-corrected chi connectivity index (χ1v) is 12.6. The van der Waals surface area contributed by atoms with Gasteiger partial charge in [-0.25, -0.2) is 12.8 Å². The molecule has 0 radical (unpaired) electrons. The Hall–Kier alpha value is -3.59. The van der Waals surface area contributed by atoms with Crippen LogP contribution in [-0.4, -0.2) is 35.1 Å². The number of hydrogen-bond donors (Lipinski definition) is 1. The minimum atomic E-state index is -4.36. The quantitative estimate of drug-likeness (QED) is 0.432. The molecule has 0 saturated heterocycles. The van der Waals surface area contributed by atoms with E-state index in [0.717, 1.165) is 21.5 Å². The van der Waals surface area contributed by atoms with Crippen LogP contribution in [-0.2, 0) is 27.7 Å². The number of halogens is 1. The van der Waals surface area contributed by atoms with Gasteiger partial charge in [0.15, 0.2) is 11.5 Å². The zero-order chi connectivity index (χ0) is 25.6. The zero-order valence-electron chi connectivity index (χ0n) is 20.2. The van der Waals surface area contributed by atoms with Crippen LogP contribution in [0.3, 0.4) is 0 Å². The minimum absolute atomic E-state index is 0.172. The van der Waals surface area contributed by atoms with Gasteiger partial charge >= 0.3 is 0 Å². The van der Waals surface area contributed by atoms with E-state index in [1.54, 1.807) is 0 Å². The van der Waals surface area contributed by atoms with Crippen molar-refractivity contribution in [3.63, 3.8) is 0 Å². The third-order valence-corrected chi connectivity index (χ3v) is 7.37. The summed E-state index contributed by atoms with van der Waals surface area (Å²) in [5, 5.41) is 2.85. The number of carbonyl (C=O) groups excluding carboxylic acids is 1. The zero-order valence-corrected chi connectivity index (χ0v) is 21.0. The van der Waals surface area contributed by atoms with Gasteiger partial charge in [0.25, 0.3) is 10.0 Å². The summed E-state index contributed by atoms with van der Waals surface area (Å²) in [7, 11) is -1.54. The van der Waals surface area contributed by atoms with E-state index >= 15 is 0 Å². The van der Waals surface area contributed by atoms with Crippen molar-refractivity contribution in [2.75, 3.05) is 30.4 Å². The van der Waals surface area contributed by atoms with Crippen LogP contribution in [0, 0.1) is 5.82 Å². The normalized spacial score (nSPS) is 11.1. The highest BCUT2D eigenvalue weighted by Gasteiger charge is 2.30. The molecule has 0 unspecified atom stereocenters. The van der Waals surface area contributed by atoms with Crippen LogP contribution in [0.15, 0.2) is 65.6 Å². The van der Waals surface area contributed by atoms with E-state index in [1.807, 2.05) is 32.0 Å². The van der Waals surface area contributed by atoms with Gasteiger partial charge < -0.3 is 14.8 Å². The fourth-order valence-corrected chi connectivity index (χ4v) is 5.22. The van der Waals surface area contributed by atoms with Gasteiger partial charge in [-0.2, -0.15) is 0 Å². The molecule has 3 aromatic carbocycles. The summed E-state index contributed by atoms with van der Waals surface area (Å²) in [4.78, 5) is 13.0. The van der Waals surface area contributed by atoms with Crippen molar-refractivity contribution in [3.8, 4) is 11.5 Å². The predicted molar refractivity (Wildman–Crippen MR) is 134 cm³/mol. The molecule has 1 N–H and O–H groups in total. The lowest BCUT2D eigenvalue weighted by Crippen LogP contribution is -2.39. The van der Waals surface area contributed by atoms with Crippen molar-refractivity contribution >= 4 is 27.3 Å². The number of nitrogens with zero attached hydrogens (tertiary/aromatic N) is 1. The Balaban J connectivity index is 2.04. The first-order valence-electron chi connectivity index (χ1n) is 11.2. The molecule has 0 aliphatic heterocycles. The maximum absolute atomic E-state index is 14.8. The first-order chi connectivity index (χ1) is 16.8. The lowest BCUT2D eigenvalue weighted by atomic mass is 10.0. The van der Waals surface area contributed by atoms with Gasteiger partial charge in [0.05, 0.1) is 24.8 Å². The summed E-state index contributed by atoms with van der Waals surface area (Å²) in [6.45, 7) is 3.31. The molecule has 0 saturated carbocycles. The Morgan fingerprint density at radius 2 is 1.54 bits per heavy atom. The highest BCUT2D eigenvalue weighted by atomic mass is 32.2. The average Bonchev–Trinajstić information content (AvgIpc) is 2.87. The van der Waals surface area contributed by atoms with Crippen molar-refractivity contribution in [3.05, 3.63) is 77.6 Å². The Morgan fingerprint density at radius 1 is 0.914 bits per heavy atom. The number of anilines is 2. The molecule has 0 fully saturated rings. The Kier molecular flexibility index (Phi) is 8.34. The Labute approximate surface area is 205 Å².